The molecule has 1 aromatic heterocycles. The van der Waals surface area contributed by atoms with Gasteiger partial charge in [-0.3, -0.25) is 0 Å². The van der Waals surface area contributed by atoms with Crippen LogP contribution in [0.25, 0.3) is 0 Å². The van der Waals surface area contributed by atoms with Crippen molar-refractivity contribution in [3.8, 4) is 0 Å². The Kier molecular flexibility index (Phi) is 8.30. The first-order valence-corrected chi connectivity index (χ1v) is 8.78. The highest BCUT2D eigenvalue weighted by Crippen LogP contribution is 2.13. The summed E-state index contributed by atoms with van der Waals surface area (Å²) < 4.78 is 7.10. The number of aliphatic imine (C=N–C) groups is 1. The molecule has 2 N–H and O–H groups in total. The van der Waals surface area contributed by atoms with Gasteiger partial charge in [-0.2, -0.15) is 5.10 Å². The highest BCUT2D eigenvalue weighted by Gasteiger charge is 2.22. The molecular formula is C18H27IN6O. The summed E-state index contributed by atoms with van der Waals surface area (Å²) in [5, 5.41) is 11.4. The molecule has 1 aromatic carbocycles. The van der Waals surface area contributed by atoms with Crippen LogP contribution >= 0.6 is 24.0 Å². The second-order valence-electron chi connectivity index (χ2n) is 6.12. The molecule has 1 unspecified atom stereocenters. The van der Waals surface area contributed by atoms with Gasteiger partial charge in [0.1, 0.15) is 12.4 Å². The maximum atomic E-state index is 5.12. The number of aromatic nitrogens is 3. The van der Waals surface area contributed by atoms with E-state index in [1.54, 1.807) is 7.11 Å². The molecule has 2 aromatic rings. The van der Waals surface area contributed by atoms with Gasteiger partial charge in [0.25, 0.3) is 0 Å². The number of hydrogen-bond acceptors (Lipinski definition) is 4. The monoisotopic (exact) mass is 470 g/mol. The maximum absolute atomic E-state index is 5.12. The van der Waals surface area contributed by atoms with Gasteiger partial charge in [0.15, 0.2) is 11.8 Å². The van der Waals surface area contributed by atoms with E-state index in [9.17, 15) is 0 Å². The van der Waals surface area contributed by atoms with Crippen LogP contribution in [-0.2, 0) is 30.9 Å². The van der Waals surface area contributed by atoms with Crippen molar-refractivity contribution in [3.05, 3.63) is 47.5 Å². The van der Waals surface area contributed by atoms with Crippen molar-refractivity contribution in [2.45, 2.75) is 45.5 Å². The van der Waals surface area contributed by atoms with Gasteiger partial charge in [0.05, 0.1) is 13.1 Å². The lowest BCUT2D eigenvalue weighted by atomic mass is 10.1. The predicted molar refractivity (Wildman–Crippen MR) is 113 cm³/mol. The number of ether oxygens (including phenoxy) is 1. The highest BCUT2D eigenvalue weighted by molar-refractivity contribution is 14.0. The molecule has 142 valence electrons. The quantitative estimate of drug-likeness (QED) is 0.385. The molecule has 0 saturated carbocycles. The fourth-order valence-corrected chi connectivity index (χ4v) is 2.94. The fraction of sp³-hybridized carbons (Fsp3) is 0.500. The minimum atomic E-state index is 0. The predicted octanol–water partition coefficient (Wildman–Crippen LogP) is 2.11. The van der Waals surface area contributed by atoms with E-state index in [2.05, 4.69) is 39.8 Å². The smallest absolute Gasteiger partial charge is 0.191 e. The molecule has 1 atom stereocenters. The van der Waals surface area contributed by atoms with Crippen molar-refractivity contribution in [1.29, 1.82) is 0 Å². The molecule has 1 aliphatic rings. The first kappa shape index (κ1) is 20.6. The second kappa shape index (κ2) is 10.5. The molecule has 2 heterocycles. The molecule has 8 heteroatoms. The Morgan fingerprint density at radius 3 is 2.88 bits per heavy atom. The minimum Gasteiger partial charge on any atom is -0.377 e. The molecule has 1 aliphatic heterocycles. The van der Waals surface area contributed by atoms with E-state index in [-0.39, 0.29) is 30.0 Å². The summed E-state index contributed by atoms with van der Waals surface area (Å²) in [4.78, 5) is 9.22. The first-order valence-electron chi connectivity index (χ1n) is 8.78. The van der Waals surface area contributed by atoms with Crippen LogP contribution in [0.5, 0.6) is 0 Å². The highest BCUT2D eigenvalue weighted by atomic mass is 127. The zero-order valence-corrected chi connectivity index (χ0v) is 17.6. The molecule has 7 nitrogen and oxygen atoms in total. The SMILES string of the molecule is CCNC(=NCc1ccccc1)NC1CCc2nc(COC)nn2C1.I. The maximum Gasteiger partial charge on any atom is 0.191 e. The van der Waals surface area contributed by atoms with Gasteiger partial charge in [-0.25, -0.2) is 14.7 Å². The average molecular weight is 470 g/mol. The van der Waals surface area contributed by atoms with E-state index in [0.29, 0.717) is 13.2 Å². The van der Waals surface area contributed by atoms with Crippen LogP contribution in [0.3, 0.4) is 0 Å². The van der Waals surface area contributed by atoms with Crippen molar-refractivity contribution in [2.24, 2.45) is 4.99 Å². The molecule has 0 bridgehead atoms. The van der Waals surface area contributed by atoms with Crippen LogP contribution in [0.2, 0.25) is 0 Å². The van der Waals surface area contributed by atoms with Crippen molar-refractivity contribution in [3.63, 3.8) is 0 Å². The summed E-state index contributed by atoms with van der Waals surface area (Å²) >= 11 is 0. The summed E-state index contributed by atoms with van der Waals surface area (Å²) in [5.41, 5.74) is 1.20. The Hall–Kier alpha value is -1.68. The Balaban J connectivity index is 0.00000243. The van der Waals surface area contributed by atoms with Crippen LogP contribution in [0.4, 0.5) is 0 Å². The lowest BCUT2D eigenvalue weighted by molar-refractivity contribution is 0.177. The molecule has 0 spiro atoms. The van der Waals surface area contributed by atoms with Crippen LogP contribution in [0.1, 0.15) is 30.6 Å². The first-order chi connectivity index (χ1) is 12.3. The Labute approximate surface area is 171 Å². The van der Waals surface area contributed by atoms with E-state index >= 15 is 0 Å². The molecule has 26 heavy (non-hydrogen) atoms. The number of hydrogen-bond donors (Lipinski definition) is 2. The molecule has 3 rings (SSSR count). The van der Waals surface area contributed by atoms with Crippen molar-refractivity contribution in [1.82, 2.24) is 25.4 Å². The third-order valence-corrected chi connectivity index (χ3v) is 4.12. The lowest BCUT2D eigenvalue weighted by Crippen LogP contribution is -2.47. The van der Waals surface area contributed by atoms with Crippen molar-refractivity contribution in [2.75, 3.05) is 13.7 Å². The Morgan fingerprint density at radius 1 is 1.35 bits per heavy atom. The summed E-state index contributed by atoms with van der Waals surface area (Å²) in [6.07, 6.45) is 1.92. The van der Waals surface area contributed by atoms with Gasteiger partial charge in [0, 0.05) is 26.1 Å². The van der Waals surface area contributed by atoms with Gasteiger partial charge in [0.2, 0.25) is 0 Å². The Bertz CT molecular complexity index is 703. The number of aryl methyl sites for hydroxylation is 1. The number of nitrogens with one attached hydrogen (secondary N) is 2. The van der Waals surface area contributed by atoms with Gasteiger partial charge >= 0.3 is 0 Å². The third kappa shape index (κ3) is 5.66. The van der Waals surface area contributed by atoms with Crippen molar-refractivity contribution < 1.29 is 4.74 Å². The zero-order chi connectivity index (χ0) is 17.5. The largest absolute Gasteiger partial charge is 0.377 e. The summed E-state index contributed by atoms with van der Waals surface area (Å²) in [6.45, 7) is 4.82. The standard InChI is InChI=1S/C18H26N6O.HI/c1-3-19-18(20-11-14-7-5-4-6-8-14)21-15-9-10-17-22-16(13-25-2)23-24(17)12-15;/h4-8,15H,3,9-13H2,1-2H3,(H2,19,20,21);1H. The van der Waals surface area contributed by atoms with Crippen LogP contribution < -0.4 is 10.6 Å². The Morgan fingerprint density at radius 2 is 2.15 bits per heavy atom. The van der Waals surface area contributed by atoms with E-state index in [4.69, 9.17) is 9.73 Å². The van der Waals surface area contributed by atoms with E-state index in [0.717, 1.165) is 43.5 Å². The number of fused-ring (bicyclic) bond motifs is 1. The minimum absolute atomic E-state index is 0. The topological polar surface area (TPSA) is 76.4 Å². The van der Waals surface area contributed by atoms with Crippen molar-refractivity contribution >= 4 is 29.9 Å². The van der Waals surface area contributed by atoms with Gasteiger partial charge in [-0.1, -0.05) is 30.3 Å². The fourth-order valence-electron chi connectivity index (χ4n) is 2.94. The number of halogens is 1. The molecule has 0 aliphatic carbocycles. The number of methoxy groups -OCH3 is 1. The summed E-state index contributed by atoms with van der Waals surface area (Å²) in [5.74, 6) is 2.64. The molecular weight excluding hydrogens is 443 g/mol. The lowest BCUT2D eigenvalue weighted by Gasteiger charge is -2.25. The third-order valence-electron chi connectivity index (χ3n) is 4.12. The van der Waals surface area contributed by atoms with Crippen LogP contribution in [-0.4, -0.2) is 40.4 Å². The number of rotatable bonds is 6. The molecule has 0 radical (unpaired) electrons. The van der Waals surface area contributed by atoms with E-state index in [1.165, 1.54) is 5.56 Å². The average Bonchev–Trinajstić information content (AvgIpc) is 3.03. The number of benzene rings is 1. The van der Waals surface area contributed by atoms with Gasteiger partial charge in [-0.05, 0) is 18.9 Å². The molecule has 0 fully saturated rings. The van der Waals surface area contributed by atoms with Crippen LogP contribution in [0.15, 0.2) is 35.3 Å². The molecule has 0 saturated heterocycles. The normalized spacial score (nSPS) is 16.5. The number of nitrogens with zero attached hydrogens (tertiary/aromatic N) is 4. The van der Waals surface area contributed by atoms with E-state index < -0.39 is 0 Å². The summed E-state index contributed by atoms with van der Waals surface area (Å²) in [7, 11) is 1.66. The summed E-state index contributed by atoms with van der Waals surface area (Å²) in [6, 6.07) is 10.6. The van der Waals surface area contributed by atoms with Gasteiger partial charge < -0.3 is 15.4 Å². The molecule has 0 amide bonds. The van der Waals surface area contributed by atoms with Gasteiger partial charge in [-0.15, -0.1) is 24.0 Å². The second-order valence-corrected chi connectivity index (χ2v) is 6.12. The van der Waals surface area contributed by atoms with Crippen LogP contribution in [0, 0.1) is 0 Å². The zero-order valence-electron chi connectivity index (χ0n) is 15.3. The number of guanidine groups is 1. The van der Waals surface area contributed by atoms with E-state index in [1.807, 2.05) is 22.9 Å².